The number of aryl methyl sites for hydroxylation is 1. The maximum Gasteiger partial charge on any atom is 0.230 e. The van der Waals surface area contributed by atoms with Gasteiger partial charge in [0, 0.05) is 17.9 Å². The number of benzene rings is 2. The van der Waals surface area contributed by atoms with Crippen molar-refractivity contribution in [3.8, 4) is 5.75 Å². The fourth-order valence-corrected chi connectivity index (χ4v) is 3.05. The van der Waals surface area contributed by atoms with Gasteiger partial charge in [-0.15, -0.1) is 11.8 Å². The highest BCUT2D eigenvalue weighted by molar-refractivity contribution is 7.99. The zero-order chi connectivity index (χ0) is 15.8. The van der Waals surface area contributed by atoms with Gasteiger partial charge in [-0.3, -0.25) is 4.79 Å². The van der Waals surface area contributed by atoms with Crippen molar-refractivity contribution in [2.75, 3.05) is 12.9 Å². The fraction of sp³-hybridized carbons (Fsp3) is 0.278. The largest absolute Gasteiger partial charge is 0.496 e. The molecular weight excluding hydrogens is 294 g/mol. The summed E-state index contributed by atoms with van der Waals surface area (Å²) in [7, 11) is 1.64. The molecule has 2 aromatic carbocycles. The number of thioether (sulfide) groups is 1. The van der Waals surface area contributed by atoms with Crippen LogP contribution in [0.5, 0.6) is 5.75 Å². The lowest BCUT2D eigenvalue weighted by Crippen LogP contribution is -2.24. The van der Waals surface area contributed by atoms with Crippen LogP contribution in [0.4, 0.5) is 0 Å². The molecule has 116 valence electrons. The summed E-state index contributed by atoms with van der Waals surface area (Å²) in [5.74, 6) is 2.16. The number of carbonyl (C=O) groups excluding carboxylic acids is 1. The molecule has 0 saturated carbocycles. The second-order valence-corrected chi connectivity index (χ2v) is 5.99. The second kappa shape index (κ2) is 8.49. The first-order chi connectivity index (χ1) is 10.7. The molecule has 22 heavy (non-hydrogen) atoms. The molecule has 0 atom stereocenters. The standard InChI is InChI=1S/C18H21NO2S/c1-14-7-3-4-9-16(14)12-22-13-18(20)19-11-15-8-5-6-10-17(15)21-2/h3-10H,11-13H2,1-2H3,(H,19,20). The fourth-order valence-electron chi connectivity index (χ4n) is 2.12. The first kappa shape index (κ1) is 16.4. The zero-order valence-electron chi connectivity index (χ0n) is 13.0. The smallest absolute Gasteiger partial charge is 0.230 e. The third-order valence-electron chi connectivity index (χ3n) is 3.42. The number of nitrogens with one attached hydrogen (secondary N) is 1. The number of rotatable bonds is 7. The van der Waals surface area contributed by atoms with Crippen molar-refractivity contribution in [1.29, 1.82) is 0 Å². The molecule has 2 aromatic rings. The lowest BCUT2D eigenvalue weighted by atomic mass is 10.1. The van der Waals surface area contributed by atoms with E-state index < -0.39 is 0 Å². The molecule has 0 radical (unpaired) electrons. The Labute approximate surface area is 136 Å². The van der Waals surface area contributed by atoms with Crippen molar-refractivity contribution in [3.63, 3.8) is 0 Å². The molecule has 3 nitrogen and oxygen atoms in total. The summed E-state index contributed by atoms with van der Waals surface area (Å²) in [6.07, 6.45) is 0. The van der Waals surface area contributed by atoms with Gasteiger partial charge in [-0.05, 0) is 24.1 Å². The van der Waals surface area contributed by atoms with Crippen molar-refractivity contribution in [1.82, 2.24) is 5.32 Å². The van der Waals surface area contributed by atoms with Gasteiger partial charge in [0.2, 0.25) is 5.91 Å². The molecule has 0 aliphatic carbocycles. The van der Waals surface area contributed by atoms with E-state index in [-0.39, 0.29) is 5.91 Å². The Morgan fingerprint density at radius 2 is 1.77 bits per heavy atom. The molecule has 0 saturated heterocycles. The van der Waals surface area contributed by atoms with Crippen molar-refractivity contribution in [2.24, 2.45) is 0 Å². The number of hydrogen-bond acceptors (Lipinski definition) is 3. The van der Waals surface area contributed by atoms with Crippen LogP contribution in [0.25, 0.3) is 0 Å². The van der Waals surface area contributed by atoms with Crippen LogP contribution in [0.2, 0.25) is 0 Å². The maximum atomic E-state index is 11.9. The van der Waals surface area contributed by atoms with Crippen LogP contribution < -0.4 is 10.1 Å². The molecule has 0 unspecified atom stereocenters. The molecule has 2 rings (SSSR count). The van der Waals surface area contributed by atoms with Crippen molar-refractivity contribution in [3.05, 3.63) is 65.2 Å². The minimum atomic E-state index is 0.0458. The van der Waals surface area contributed by atoms with E-state index in [2.05, 4.69) is 24.4 Å². The Balaban J connectivity index is 1.75. The summed E-state index contributed by atoms with van der Waals surface area (Å²) in [6.45, 7) is 2.59. The lowest BCUT2D eigenvalue weighted by molar-refractivity contribution is -0.118. The van der Waals surface area contributed by atoms with Crippen LogP contribution >= 0.6 is 11.8 Å². The molecule has 0 fully saturated rings. The third kappa shape index (κ3) is 4.81. The van der Waals surface area contributed by atoms with Gasteiger partial charge in [-0.1, -0.05) is 42.5 Å². The average Bonchev–Trinajstić information content (AvgIpc) is 2.55. The summed E-state index contributed by atoms with van der Waals surface area (Å²) in [5.41, 5.74) is 3.54. The van der Waals surface area contributed by atoms with Gasteiger partial charge in [0.05, 0.1) is 12.9 Å². The summed E-state index contributed by atoms with van der Waals surface area (Å²) < 4.78 is 5.27. The van der Waals surface area contributed by atoms with E-state index in [4.69, 9.17) is 4.74 Å². The first-order valence-corrected chi connectivity index (χ1v) is 8.37. The number of methoxy groups -OCH3 is 1. The number of amides is 1. The number of carbonyl (C=O) groups is 1. The Bertz CT molecular complexity index is 628. The third-order valence-corrected chi connectivity index (χ3v) is 4.40. The SMILES string of the molecule is COc1ccccc1CNC(=O)CSCc1ccccc1C. The Morgan fingerprint density at radius 3 is 2.50 bits per heavy atom. The number of para-hydroxylation sites is 1. The van der Waals surface area contributed by atoms with Gasteiger partial charge in [0.15, 0.2) is 0 Å². The molecule has 4 heteroatoms. The van der Waals surface area contributed by atoms with Crippen LogP contribution in [-0.4, -0.2) is 18.8 Å². The highest BCUT2D eigenvalue weighted by atomic mass is 32.2. The van der Waals surface area contributed by atoms with E-state index in [9.17, 15) is 4.79 Å². The summed E-state index contributed by atoms with van der Waals surface area (Å²) in [5, 5.41) is 2.93. The number of hydrogen-bond donors (Lipinski definition) is 1. The van der Waals surface area contributed by atoms with Crippen molar-refractivity contribution >= 4 is 17.7 Å². The minimum absolute atomic E-state index is 0.0458. The molecule has 0 heterocycles. The predicted molar refractivity (Wildman–Crippen MR) is 92.2 cm³/mol. The normalized spacial score (nSPS) is 10.3. The summed E-state index contributed by atoms with van der Waals surface area (Å²) >= 11 is 1.63. The highest BCUT2D eigenvalue weighted by Crippen LogP contribution is 2.17. The summed E-state index contributed by atoms with van der Waals surface area (Å²) in [4.78, 5) is 11.9. The predicted octanol–water partition coefficient (Wildman–Crippen LogP) is 3.55. The van der Waals surface area contributed by atoms with E-state index in [1.165, 1.54) is 11.1 Å². The first-order valence-electron chi connectivity index (χ1n) is 7.21. The second-order valence-electron chi connectivity index (χ2n) is 5.01. The molecule has 0 bridgehead atoms. The maximum absolute atomic E-state index is 11.9. The van der Waals surface area contributed by atoms with Crippen molar-refractivity contribution < 1.29 is 9.53 Å². The topological polar surface area (TPSA) is 38.3 Å². The Morgan fingerprint density at radius 1 is 1.09 bits per heavy atom. The molecule has 0 spiro atoms. The van der Waals surface area contributed by atoms with Crippen molar-refractivity contribution in [2.45, 2.75) is 19.2 Å². The molecular formula is C18H21NO2S. The minimum Gasteiger partial charge on any atom is -0.496 e. The Kier molecular flexibility index (Phi) is 6.34. The molecule has 1 N–H and O–H groups in total. The van der Waals surface area contributed by atoms with Crippen LogP contribution in [0.15, 0.2) is 48.5 Å². The monoisotopic (exact) mass is 315 g/mol. The lowest BCUT2D eigenvalue weighted by Gasteiger charge is -2.09. The van der Waals surface area contributed by atoms with Gasteiger partial charge in [0.25, 0.3) is 0 Å². The molecule has 1 amide bonds. The van der Waals surface area contributed by atoms with Crippen LogP contribution in [0.3, 0.4) is 0 Å². The van der Waals surface area contributed by atoms with Crippen LogP contribution in [-0.2, 0) is 17.1 Å². The van der Waals surface area contributed by atoms with Gasteiger partial charge in [0.1, 0.15) is 5.75 Å². The quantitative estimate of drug-likeness (QED) is 0.849. The van der Waals surface area contributed by atoms with Gasteiger partial charge >= 0.3 is 0 Å². The average molecular weight is 315 g/mol. The van der Waals surface area contributed by atoms with Crippen LogP contribution in [0, 0.1) is 6.92 Å². The van der Waals surface area contributed by atoms with E-state index >= 15 is 0 Å². The Hall–Kier alpha value is -1.94. The molecule has 0 aliphatic rings. The van der Waals surface area contributed by atoms with E-state index in [1.807, 2.05) is 36.4 Å². The summed E-state index contributed by atoms with van der Waals surface area (Å²) in [6, 6.07) is 16.0. The highest BCUT2D eigenvalue weighted by Gasteiger charge is 2.06. The number of ether oxygens (including phenoxy) is 1. The van der Waals surface area contributed by atoms with Gasteiger partial charge < -0.3 is 10.1 Å². The van der Waals surface area contributed by atoms with Gasteiger partial charge in [-0.2, -0.15) is 0 Å². The molecule has 0 aromatic heterocycles. The van der Waals surface area contributed by atoms with E-state index in [1.54, 1.807) is 18.9 Å². The van der Waals surface area contributed by atoms with Gasteiger partial charge in [-0.25, -0.2) is 0 Å². The van der Waals surface area contributed by atoms with E-state index in [0.29, 0.717) is 12.3 Å². The van der Waals surface area contributed by atoms with Crippen LogP contribution in [0.1, 0.15) is 16.7 Å². The molecule has 0 aliphatic heterocycles. The van der Waals surface area contributed by atoms with E-state index in [0.717, 1.165) is 17.1 Å². The zero-order valence-corrected chi connectivity index (χ0v) is 13.8.